The molecule has 230 valence electrons. The molecule has 1 aliphatic carbocycles. The van der Waals surface area contributed by atoms with Gasteiger partial charge in [-0.2, -0.15) is 4.31 Å². The van der Waals surface area contributed by atoms with E-state index < -0.39 is 34.4 Å². The molecule has 6 atom stereocenters. The Kier molecular flexibility index (Phi) is 10.5. The monoisotopic (exact) mass is 602 g/mol. The van der Waals surface area contributed by atoms with Gasteiger partial charge in [0.15, 0.2) is 0 Å². The lowest BCUT2D eigenvalue weighted by atomic mass is 9.99. The highest BCUT2D eigenvalue weighted by Gasteiger charge is 2.46. The normalized spacial score (nSPS) is 23.4. The highest BCUT2D eigenvalue weighted by Crippen LogP contribution is 2.37. The first-order valence-electron chi connectivity index (χ1n) is 14.4. The molecule has 5 N–H and O–H groups in total. The molecule has 11 nitrogen and oxygen atoms in total. The first-order chi connectivity index (χ1) is 19.9. The van der Waals surface area contributed by atoms with E-state index in [0.717, 1.165) is 5.56 Å². The Bertz CT molecular complexity index is 1310. The molecule has 2 aromatic carbocycles. The summed E-state index contributed by atoms with van der Waals surface area (Å²) < 4.78 is 39.9. The third-order valence-electron chi connectivity index (χ3n) is 7.72. The van der Waals surface area contributed by atoms with Gasteiger partial charge in [0.1, 0.15) is 6.10 Å². The van der Waals surface area contributed by atoms with Gasteiger partial charge in [-0.25, -0.2) is 13.2 Å². The highest BCUT2D eigenvalue weighted by atomic mass is 32.2. The average Bonchev–Trinajstić information content (AvgIpc) is 3.49. The first kappa shape index (κ1) is 31.7. The number of aliphatic hydroxyl groups excluding tert-OH is 1. The Morgan fingerprint density at radius 1 is 1.10 bits per heavy atom. The Hall–Kier alpha value is -3.19. The lowest BCUT2D eigenvalue weighted by Crippen LogP contribution is -2.51. The van der Waals surface area contributed by atoms with Gasteiger partial charge in [0.05, 0.1) is 35.8 Å². The van der Waals surface area contributed by atoms with Crippen molar-refractivity contribution >= 4 is 27.7 Å². The molecule has 4 rings (SSSR count). The summed E-state index contributed by atoms with van der Waals surface area (Å²) in [6, 6.07) is 14.3. The van der Waals surface area contributed by atoms with Crippen LogP contribution in [0, 0.1) is 11.8 Å². The number of nitrogens with two attached hydrogens (primary N) is 1. The van der Waals surface area contributed by atoms with E-state index in [-0.39, 0.29) is 54.3 Å². The first-order valence-corrected chi connectivity index (χ1v) is 15.8. The second kappa shape index (κ2) is 13.9. The number of nitrogen functional groups attached to an aromatic ring is 1. The summed E-state index contributed by atoms with van der Waals surface area (Å²) in [5.41, 5.74) is 7.06. The van der Waals surface area contributed by atoms with Gasteiger partial charge in [-0.1, -0.05) is 44.2 Å². The van der Waals surface area contributed by atoms with Crippen LogP contribution in [0.4, 0.5) is 10.5 Å². The number of rotatable bonds is 12. The van der Waals surface area contributed by atoms with Gasteiger partial charge in [-0.3, -0.25) is 4.79 Å². The number of amides is 2. The number of nitrogens with zero attached hydrogens (tertiary/aromatic N) is 1. The molecule has 0 spiro atoms. The minimum atomic E-state index is -3.95. The quantitative estimate of drug-likeness (QED) is 0.269. The molecule has 1 heterocycles. The largest absolute Gasteiger partial charge is 0.446 e. The van der Waals surface area contributed by atoms with Crippen LogP contribution in [0.5, 0.6) is 0 Å². The van der Waals surface area contributed by atoms with Crippen LogP contribution in [0.2, 0.25) is 0 Å². The Morgan fingerprint density at radius 3 is 2.43 bits per heavy atom. The Balaban J connectivity index is 1.47. The molecule has 2 amide bonds. The summed E-state index contributed by atoms with van der Waals surface area (Å²) in [5, 5.41) is 17.1. The molecule has 2 fully saturated rings. The molecule has 1 saturated heterocycles. The number of nitrogens with one attached hydrogen (secondary N) is 2. The maximum absolute atomic E-state index is 13.6. The van der Waals surface area contributed by atoms with E-state index in [9.17, 15) is 23.1 Å². The maximum atomic E-state index is 13.6. The zero-order chi connectivity index (χ0) is 30.4. The Morgan fingerprint density at radius 2 is 1.79 bits per heavy atom. The van der Waals surface area contributed by atoms with Gasteiger partial charge in [0, 0.05) is 38.0 Å². The summed E-state index contributed by atoms with van der Waals surface area (Å²) in [4.78, 5) is 24.7. The number of carbonyl (C=O) groups excluding carboxylic acids is 2. The fraction of sp³-hybridized carbons (Fsp3) is 0.533. The standard InChI is InChI=1S/C30H42N4O7S/c1-19(2)16-34(42(38,39)24-11-9-22(31)10-12-24)17-28(36)26(13-21-7-5-4-6-8-21)33-30(37)41-23-14-25-27(32-20(3)35)18-40-29(25)15-23/h4-12,19,23,25-29,36H,13-18,31H2,1-3H3,(H,32,35)(H,33,37)/t23-,25-,26+,27+,28?,29-/m1/s1. The van der Waals surface area contributed by atoms with E-state index in [1.807, 2.05) is 44.2 Å². The predicted molar refractivity (Wildman–Crippen MR) is 158 cm³/mol. The van der Waals surface area contributed by atoms with Gasteiger partial charge in [0.25, 0.3) is 0 Å². The van der Waals surface area contributed by atoms with Gasteiger partial charge >= 0.3 is 6.09 Å². The van der Waals surface area contributed by atoms with E-state index >= 15 is 0 Å². The molecule has 0 aromatic heterocycles. The molecule has 0 radical (unpaired) electrons. The number of alkyl carbamates (subject to hydrolysis) is 1. The van der Waals surface area contributed by atoms with E-state index in [1.54, 1.807) is 0 Å². The zero-order valence-corrected chi connectivity index (χ0v) is 25.1. The smallest absolute Gasteiger partial charge is 0.407 e. The number of carbonyl (C=O) groups is 2. The van der Waals surface area contributed by atoms with Crippen molar-refractivity contribution in [3.8, 4) is 0 Å². The number of benzene rings is 2. The zero-order valence-electron chi connectivity index (χ0n) is 24.3. The molecule has 1 aliphatic heterocycles. The van der Waals surface area contributed by atoms with Crippen molar-refractivity contribution in [1.82, 2.24) is 14.9 Å². The van der Waals surface area contributed by atoms with Crippen LogP contribution in [-0.4, -0.2) is 79.9 Å². The minimum Gasteiger partial charge on any atom is -0.446 e. The minimum absolute atomic E-state index is 0.0170. The number of sulfonamides is 1. The topological polar surface area (TPSA) is 160 Å². The van der Waals surface area contributed by atoms with Crippen molar-refractivity contribution in [2.24, 2.45) is 11.8 Å². The number of hydrogen-bond donors (Lipinski definition) is 4. The molecular formula is C30H42N4O7S. The van der Waals surface area contributed by atoms with Gasteiger partial charge < -0.3 is 30.9 Å². The fourth-order valence-electron chi connectivity index (χ4n) is 5.75. The molecule has 0 bridgehead atoms. The average molecular weight is 603 g/mol. The number of hydrogen-bond acceptors (Lipinski definition) is 8. The Labute approximate surface area is 247 Å². The van der Waals surface area contributed by atoms with Crippen LogP contribution in [0.15, 0.2) is 59.5 Å². The second-order valence-electron chi connectivity index (χ2n) is 11.6. The van der Waals surface area contributed by atoms with Crippen molar-refractivity contribution in [1.29, 1.82) is 0 Å². The van der Waals surface area contributed by atoms with Crippen LogP contribution in [0.1, 0.15) is 39.2 Å². The number of fused-ring (bicyclic) bond motifs is 1. The summed E-state index contributed by atoms with van der Waals surface area (Å²) in [7, 11) is -3.95. The van der Waals surface area contributed by atoms with Crippen LogP contribution in [0.25, 0.3) is 0 Å². The van der Waals surface area contributed by atoms with E-state index in [0.29, 0.717) is 25.1 Å². The maximum Gasteiger partial charge on any atom is 0.407 e. The van der Waals surface area contributed by atoms with Crippen LogP contribution in [0.3, 0.4) is 0 Å². The molecule has 2 aliphatic rings. The number of aliphatic hydroxyl groups is 1. The summed E-state index contributed by atoms with van der Waals surface area (Å²) in [6.07, 6.45) is -1.12. The van der Waals surface area contributed by atoms with Crippen molar-refractivity contribution in [2.75, 3.05) is 25.4 Å². The van der Waals surface area contributed by atoms with Crippen molar-refractivity contribution < 1.29 is 32.6 Å². The van der Waals surface area contributed by atoms with Crippen molar-refractivity contribution in [2.45, 2.75) is 75.3 Å². The van der Waals surface area contributed by atoms with E-state index in [2.05, 4.69) is 10.6 Å². The van der Waals surface area contributed by atoms with Crippen molar-refractivity contribution in [3.05, 3.63) is 60.2 Å². The summed E-state index contributed by atoms with van der Waals surface area (Å²) >= 11 is 0. The fourth-order valence-corrected chi connectivity index (χ4v) is 7.37. The molecular weight excluding hydrogens is 560 g/mol. The summed E-state index contributed by atoms with van der Waals surface area (Å²) in [6.45, 7) is 5.63. The summed E-state index contributed by atoms with van der Waals surface area (Å²) in [5.74, 6) is -0.0915. The highest BCUT2D eigenvalue weighted by molar-refractivity contribution is 7.89. The van der Waals surface area contributed by atoms with Gasteiger partial charge in [0.2, 0.25) is 15.9 Å². The molecule has 1 saturated carbocycles. The van der Waals surface area contributed by atoms with E-state index in [4.69, 9.17) is 15.2 Å². The lowest BCUT2D eigenvalue weighted by molar-refractivity contribution is -0.119. The lowest BCUT2D eigenvalue weighted by Gasteiger charge is -2.31. The van der Waals surface area contributed by atoms with E-state index in [1.165, 1.54) is 35.5 Å². The van der Waals surface area contributed by atoms with Crippen LogP contribution >= 0.6 is 0 Å². The SMILES string of the molecule is CC(=O)N[C@H]1CO[C@@H]2C[C@H](OC(=O)N[C@@H](Cc3ccccc3)C(O)CN(CC(C)C)S(=O)(=O)c3ccc(N)cc3)C[C@H]12. The third-order valence-corrected chi connectivity index (χ3v) is 9.57. The molecule has 42 heavy (non-hydrogen) atoms. The van der Waals surface area contributed by atoms with Crippen LogP contribution < -0.4 is 16.4 Å². The molecule has 2 aromatic rings. The second-order valence-corrected chi connectivity index (χ2v) is 13.6. The van der Waals surface area contributed by atoms with Gasteiger partial charge in [-0.15, -0.1) is 0 Å². The third kappa shape index (κ3) is 8.21. The number of ether oxygens (including phenoxy) is 2. The predicted octanol–water partition coefficient (Wildman–Crippen LogP) is 2.30. The van der Waals surface area contributed by atoms with Gasteiger partial charge in [-0.05, 0) is 48.6 Å². The molecule has 1 unspecified atom stereocenters. The number of anilines is 1. The van der Waals surface area contributed by atoms with Crippen LogP contribution in [-0.2, 0) is 30.7 Å². The van der Waals surface area contributed by atoms with Crippen molar-refractivity contribution in [3.63, 3.8) is 0 Å². The molecule has 12 heteroatoms.